The minimum Gasteiger partial charge on any atom is -0.508 e. The molecule has 1 N–H and O–H groups in total. The largest absolute Gasteiger partial charge is 0.508 e. The first-order valence-electron chi connectivity index (χ1n) is 9.75. The van der Waals surface area contributed by atoms with Crippen molar-refractivity contribution in [1.29, 1.82) is 0 Å². The lowest BCUT2D eigenvalue weighted by atomic mass is 10.0. The quantitative estimate of drug-likeness (QED) is 0.313. The summed E-state index contributed by atoms with van der Waals surface area (Å²) < 4.78 is 16.1. The van der Waals surface area contributed by atoms with Gasteiger partial charge in [0.05, 0.1) is 6.61 Å². The Morgan fingerprint density at radius 3 is 2.27 bits per heavy atom. The zero-order valence-corrected chi connectivity index (χ0v) is 17.2. The van der Waals surface area contributed by atoms with Gasteiger partial charge in [-0.2, -0.15) is 0 Å². The summed E-state index contributed by atoms with van der Waals surface area (Å²) in [5.74, 6) is 0.118. The number of aliphatic hydroxyl groups excluding tert-OH is 1. The predicted octanol–water partition coefficient (Wildman–Crippen LogP) is 4.80. The van der Waals surface area contributed by atoms with Crippen LogP contribution in [0.25, 0.3) is 0 Å². The lowest BCUT2D eigenvalue weighted by molar-refractivity contribution is -0.137. The highest BCUT2D eigenvalue weighted by Crippen LogP contribution is 2.20. The van der Waals surface area contributed by atoms with E-state index in [2.05, 4.69) is 4.74 Å². The van der Waals surface area contributed by atoms with Crippen LogP contribution >= 0.6 is 11.6 Å². The summed E-state index contributed by atoms with van der Waals surface area (Å²) in [6, 6.07) is 14.9. The van der Waals surface area contributed by atoms with Crippen LogP contribution in [0.15, 0.2) is 59.9 Å². The van der Waals surface area contributed by atoms with Crippen molar-refractivity contribution in [2.75, 3.05) is 13.2 Å². The van der Waals surface area contributed by atoms with Crippen molar-refractivity contribution in [3.05, 3.63) is 70.4 Å². The van der Waals surface area contributed by atoms with Crippen LogP contribution in [0.2, 0.25) is 5.02 Å². The molecule has 7 heteroatoms. The average Bonchev–Trinajstić information content (AvgIpc) is 3.09. The van der Waals surface area contributed by atoms with E-state index in [1.54, 1.807) is 0 Å². The number of carbonyl (C=O) groups excluding carboxylic acids is 2. The molecular weight excluding hydrogens is 408 g/mol. The van der Waals surface area contributed by atoms with E-state index in [1.807, 2.05) is 48.5 Å². The van der Waals surface area contributed by atoms with E-state index < -0.39 is 5.97 Å². The number of aliphatic hydroxyl groups is 1. The predicted molar refractivity (Wildman–Crippen MR) is 112 cm³/mol. The molecule has 2 aromatic rings. The van der Waals surface area contributed by atoms with Crippen molar-refractivity contribution in [2.45, 2.75) is 32.3 Å². The number of ketones is 1. The van der Waals surface area contributed by atoms with Gasteiger partial charge in [0.15, 0.2) is 5.78 Å². The molecule has 3 rings (SSSR count). The number of esters is 1. The van der Waals surface area contributed by atoms with Gasteiger partial charge in [0.25, 0.3) is 0 Å². The van der Waals surface area contributed by atoms with Crippen molar-refractivity contribution in [1.82, 2.24) is 0 Å². The molecule has 0 fully saturated rings. The lowest BCUT2D eigenvalue weighted by Crippen LogP contribution is -2.11. The summed E-state index contributed by atoms with van der Waals surface area (Å²) in [5.41, 5.74) is 0.833. The number of hydrogen-bond donors (Lipinski definition) is 1. The van der Waals surface area contributed by atoms with Crippen LogP contribution in [0.4, 0.5) is 0 Å². The number of rotatable bonds is 11. The normalized spacial score (nSPS) is 13.3. The molecule has 0 atom stereocenters. The maximum atomic E-state index is 11.9. The van der Waals surface area contributed by atoms with E-state index in [-0.39, 0.29) is 30.1 Å². The van der Waals surface area contributed by atoms with Gasteiger partial charge < -0.3 is 19.3 Å². The van der Waals surface area contributed by atoms with Crippen LogP contribution in [-0.4, -0.2) is 30.1 Å². The zero-order valence-electron chi connectivity index (χ0n) is 16.4. The molecule has 0 saturated heterocycles. The standard InChI is InChI=1S/C23H23ClO6/c24-17-7-5-16(6-8-17)14-29-19-11-9-18(10-12-19)28-13-3-1-2-4-20(25)22-21(26)15-30-23(22)27/h5-12,26H,1-4,13-15H2. The van der Waals surface area contributed by atoms with E-state index in [4.69, 9.17) is 21.1 Å². The number of Topliss-reactive ketones (excluding diaryl/α,β-unsaturated/α-hetero) is 1. The van der Waals surface area contributed by atoms with Crippen LogP contribution in [0.5, 0.6) is 11.5 Å². The third kappa shape index (κ3) is 6.26. The molecule has 6 nitrogen and oxygen atoms in total. The Morgan fingerprint density at radius 1 is 0.967 bits per heavy atom. The molecule has 0 radical (unpaired) electrons. The molecule has 0 amide bonds. The second-order valence-electron chi connectivity index (χ2n) is 6.87. The average molecular weight is 431 g/mol. The summed E-state index contributed by atoms with van der Waals surface area (Å²) >= 11 is 5.87. The second-order valence-corrected chi connectivity index (χ2v) is 7.30. The Morgan fingerprint density at radius 2 is 1.63 bits per heavy atom. The lowest BCUT2D eigenvalue weighted by Gasteiger charge is -2.09. The number of halogens is 1. The first-order chi connectivity index (χ1) is 14.5. The molecule has 0 bridgehead atoms. The van der Waals surface area contributed by atoms with E-state index >= 15 is 0 Å². The van der Waals surface area contributed by atoms with Crippen molar-refractivity contribution in [3.8, 4) is 11.5 Å². The SMILES string of the molecule is O=C(CCCCCOc1ccc(OCc2ccc(Cl)cc2)cc1)C1=C(O)COC1=O. The maximum Gasteiger partial charge on any atom is 0.345 e. The Kier molecular flexibility index (Phi) is 7.74. The van der Waals surface area contributed by atoms with Gasteiger partial charge in [0.2, 0.25) is 0 Å². The third-order valence-corrected chi connectivity index (χ3v) is 4.82. The first kappa shape index (κ1) is 21.7. The molecular formula is C23H23ClO6. The third-order valence-electron chi connectivity index (χ3n) is 4.57. The number of cyclic esters (lactones) is 1. The molecule has 158 valence electrons. The van der Waals surface area contributed by atoms with Gasteiger partial charge in [-0.25, -0.2) is 4.79 Å². The van der Waals surface area contributed by atoms with Gasteiger partial charge in [-0.3, -0.25) is 4.79 Å². The molecule has 30 heavy (non-hydrogen) atoms. The van der Waals surface area contributed by atoms with Crippen molar-refractivity contribution < 1.29 is 28.9 Å². The number of ether oxygens (including phenoxy) is 3. The van der Waals surface area contributed by atoms with Crippen molar-refractivity contribution in [3.63, 3.8) is 0 Å². The van der Waals surface area contributed by atoms with Crippen LogP contribution in [-0.2, 0) is 20.9 Å². The summed E-state index contributed by atoms with van der Waals surface area (Å²) in [4.78, 5) is 23.3. The molecule has 0 unspecified atom stereocenters. The van der Waals surface area contributed by atoms with Gasteiger partial charge in [-0.15, -0.1) is 0 Å². The molecule has 0 aromatic heterocycles. The zero-order chi connectivity index (χ0) is 21.3. The Labute approximate surface area is 180 Å². The van der Waals surface area contributed by atoms with Gasteiger partial charge in [-0.05, 0) is 61.2 Å². The topological polar surface area (TPSA) is 82.1 Å². The fraction of sp³-hybridized carbons (Fsp3) is 0.304. The highest BCUT2D eigenvalue weighted by Gasteiger charge is 2.29. The van der Waals surface area contributed by atoms with Crippen LogP contribution in [0, 0.1) is 0 Å². The minimum absolute atomic E-state index is 0.203. The molecule has 0 aliphatic carbocycles. The Hall–Kier alpha value is -2.99. The van der Waals surface area contributed by atoms with Crippen molar-refractivity contribution in [2.24, 2.45) is 0 Å². The van der Waals surface area contributed by atoms with E-state index in [1.165, 1.54) is 0 Å². The van der Waals surface area contributed by atoms with E-state index in [0.717, 1.165) is 29.9 Å². The van der Waals surface area contributed by atoms with Crippen LogP contribution < -0.4 is 9.47 Å². The summed E-state index contributed by atoms with van der Waals surface area (Å²) in [7, 11) is 0. The number of unbranched alkanes of at least 4 members (excludes halogenated alkanes) is 2. The molecule has 0 spiro atoms. The monoisotopic (exact) mass is 430 g/mol. The highest BCUT2D eigenvalue weighted by atomic mass is 35.5. The highest BCUT2D eigenvalue weighted by molar-refractivity contribution is 6.30. The molecule has 0 saturated carbocycles. The molecule has 1 heterocycles. The fourth-order valence-corrected chi connectivity index (χ4v) is 3.06. The number of carbonyl (C=O) groups is 2. The number of benzene rings is 2. The molecule has 1 aliphatic heterocycles. The van der Waals surface area contributed by atoms with Crippen molar-refractivity contribution >= 4 is 23.4 Å². The molecule has 2 aromatic carbocycles. The fourth-order valence-electron chi connectivity index (χ4n) is 2.93. The van der Waals surface area contributed by atoms with Gasteiger partial charge >= 0.3 is 5.97 Å². The van der Waals surface area contributed by atoms with E-state index in [0.29, 0.717) is 24.7 Å². The Balaban J connectivity index is 1.30. The summed E-state index contributed by atoms with van der Waals surface area (Å²) in [6.07, 6.45) is 2.37. The maximum absolute atomic E-state index is 11.9. The first-order valence-corrected chi connectivity index (χ1v) is 10.1. The van der Waals surface area contributed by atoms with Gasteiger partial charge in [0.1, 0.15) is 36.0 Å². The second kappa shape index (κ2) is 10.7. The van der Waals surface area contributed by atoms with Crippen LogP contribution in [0.1, 0.15) is 31.2 Å². The minimum atomic E-state index is -0.735. The molecule has 1 aliphatic rings. The smallest absolute Gasteiger partial charge is 0.345 e. The van der Waals surface area contributed by atoms with E-state index in [9.17, 15) is 14.7 Å². The Bertz CT molecular complexity index is 902. The van der Waals surface area contributed by atoms with Gasteiger partial charge in [-0.1, -0.05) is 23.7 Å². The van der Waals surface area contributed by atoms with Gasteiger partial charge in [0, 0.05) is 11.4 Å². The van der Waals surface area contributed by atoms with Crippen LogP contribution in [0.3, 0.4) is 0 Å². The number of hydrogen-bond acceptors (Lipinski definition) is 6. The summed E-state index contributed by atoms with van der Waals surface area (Å²) in [6.45, 7) is 0.774. The summed E-state index contributed by atoms with van der Waals surface area (Å²) in [5, 5.41) is 10.2.